The molecule has 0 saturated heterocycles. The molecule has 0 bridgehead atoms. The number of carbonyl (C=O) groups excluding carboxylic acids is 1. The van der Waals surface area contributed by atoms with E-state index in [-0.39, 0.29) is 5.91 Å². The van der Waals surface area contributed by atoms with E-state index in [9.17, 15) is 4.79 Å². The van der Waals surface area contributed by atoms with Gasteiger partial charge in [-0.2, -0.15) is 0 Å². The topological polar surface area (TPSA) is 56.7 Å². The van der Waals surface area contributed by atoms with Crippen molar-refractivity contribution < 1.29 is 4.79 Å². The molecule has 25 heavy (non-hydrogen) atoms. The molecule has 0 unspecified atom stereocenters. The van der Waals surface area contributed by atoms with E-state index in [0.29, 0.717) is 12.6 Å². The maximum absolute atomic E-state index is 12.3. The highest BCUT2D eigenvalue weighted by atomic mass is 16.2. The van der Waals surface area contributed by atoms with Crippen LogP contribution in [0.2, 0.25) is 0 Å². The molecule has 138 valence electrons. The van der Waals surface area contributed by atoms with Gasteiger partial charge in [-0.25, -0.2) is 4.99 Å². The highest BCUT2D eigenvalue weighted by Gasteiger charge is 2.16. The summed E-state index contributed by atoms with van der Waals surface area (Å²) >= 11 is 0. The number of benzene rings is 1. The van der Waals surface area contributed by atoms with Crippen molar-refractivity contribution in [2.75, 3.05) is 19.6 Å². The van der Waals surface area contributed by atoms with E-state index >= 15 is 0 Å². The zero-order valence-electron chi connectivity index (χ0n) is 15.8. The second-order valence-electron chi connectivity index (χ2n) is 6.50. The second kappa shape index (κ2) is 10.1. The minimum absolute atomic E-state index is 0.0938. The Balaban J connectivity index is 1.97. The van der Waals surface area contributed by atoms with Crippen LogP contribution in [0.5, 0.6) is 0 Å². The van der Waals surface area contributed by atoms with Gasteiger partial charge in [0.25, 0.3) is 5.91 Å². The summed E-state index contributed by atoms with van der Waals surface area (Å²) in [5.41, 5.74) is 1.85. The van der Waals surface area contributed by atoms with Gasteiger partial charge in [-0.3, -0.25) is 4.79 Å². The first-order chi connectivity index (χ1) is 12.2. The van der Waals surface area contributed by atoms with Gasteiger partial charge in [-0.1, -0.05) is 25.0 Å². The van der Waals surface area contributed by atoms with E-state index < -0.39 is 0 Å². The lowest BCUT2D eigenvalue weighted by Crippen LogP contribution is -2.42. The Hall–Kier alpha value is -2.04. The van der Waals surface area contributed by atoms with Crippen molar-refractivity contribution in [1.29, 1.82) is 0 Å². The van der Waals surface area contributed by atoms with Crippen LogP contribution < -0.4 is 10.6 Å². The zero-order chi connectivity index (χ0) is 18.1. The lowest BCUT2D eigenvalue weighted by molar-refractivity contribution is 0.0773. The van der Waals surface area contributed by atoms with Crippen LogP contribution in [-0.4, -0.2) is 42.4 Å². The molecule has 0 spiro atoms. The van der Waals surface area contributed by atoms with E-state index in [0.717, 1.165) is 36.7 Å². The van der Waals surface area contributed by atoms with Crippen molar-refractivity contribution in [3.8, 4) is 0 Å². The van der Waals surface area contributed by atoms with Crippen molar-refractivity contribution in [3.63, 3.8) is 0 Å². The van der Waals surface area contributed by atoms with Gasteiger partial charge in [-0.15, -0.1) is 0 Å². The van der Waals surface area contributed by atoms with Gasteiger partial charge in [0.1, 0.15) is 0 Å². The molecule has 5 heteroatoms. The second-order valence-corrected chi connectivity index (χ2v) is 6.50. The molecule has 5 nitrogen and oxygen atoms in total. The maximum Gasteiger partial charge on any atom is 0.253 e. The Kier molecular flexibility index (Phi) is 7.76. The monoisotopic (exact) mass is 344 g/mol. The van der Waals surface area contributed by atoms with Crippen LogP contribution in [0, 0.1) is 0 Å². The molecule has 0 radical (unpaired) electrons. The highest BCUT2D eigenvalue weighted by Crippen LogP contribution is 2.17. The number of hydrogen-bond acceptors (Lipinski definition) is 2. The number of aliphatic imine (C=N–C) groups is 1. The van der Waals surface area contributed by atoms with Gasteiger partial charge in [0.2, 0.25) is 0 Å². The molecule has 1 aliphatic rings. The maximum atomic E-state index is 12.3. The van der Waals surface area contributed by atoms with Crippen LogP contribution in [0.25, 0.3) is 0 Å². The number of nitrogens with one attached hydrogen (secondary N) is 2. The summed E-state index contributed by atoms with van der Waals surface area (Å²) in [6.45, 7) is 9.03. The number of hydrogen-bond donors (Lipinski definition) is 2. The largest absolute Gasteiger partial charge is 0.357 e. The van der Waals surface area contributed by atoms with Crippen molar-refractivity contribution in [2.45, 2.75) is 59.0 Å². The van der Waals surface area contributed by atoms with Gasteiger partial charge >= 0.3 is 0 Å². The first kappa shape index (κ1) is 19.3. The molecule has 2 N–H and O–H groups in total. The average molecular weight is 345 g/mol. The predicted molar refractivity (Wildman–Crippen MR) is 104 cm³/mol. The van der Waals surface area contributed by atoms with Crippen LogP contribution >= 0.6 is 0 Å². The average Bonchev–Trinajstić information content (AvgIpc) is 3.14. The third kappa shape index (κ3) is 5.76. The molecule has 1 fully saturated rings. The molecular weight excluding hydrogens is 312 g/mol. The molecule has 0 atom stereocenters. The molecule has 1 aromatic carbocycles. The summed E-state index contributed by atoms with van der Waals surface area (Å²) in [5.74, 6) is 0.981. The van der Waals surface area contributed by atoms with Crippen molar-refractivity contribution in [1.82, 2.24) is 15.5 Å². The van der Waals surface area contributed by atoms with Gasteiger partial charge in [0.15, 0.2) is 5.96 Å². The van der Waals surface area contributed by atoms with E-state index in [2.05, 4.69) is 22.5 Å². The fraction of sp³-hybridized carbons (Fsp3) is 0.600. The van der Waals surface area contributed by atoms with E-state index in [1.807, 2.05) is 43.0 Å². The molecule has 0 aromatic heterocycles. The quantitative estimate of drug-likeness (QED) is 0.590. The summed E-state index contributed by atoms with van der Waals surface area (Å²) in [5, 5.41) is 6.84. The molecule has 1 aliphatic carbocycles. The molecular formula is C20H32N4O. The fourth-order valence-electron chi connectivity index (χ4n) is 3.20. The van der Waals surface area contributed by atoms with Crippen LogP contribution in [0.1, 0.15) is 62.4 Å². The third-order valence-electron chi connectivity index (χ3n) is 4.71. The number of amides is 1. The molecule has 0 heterocycles. The Morgan fingerprint density at radius 3 is 2.32 bits per heavy atom. The Labute approximate surface area is 151 Å². The van der Waals surface area contributed by atoms with E-state index in [1.165, 1.54) is 25.7 Å². The minimum Gasteiger partial charge on any atom is -0.357 e. The van der Waals surface area contributed by atoms with Crippen LogP contribution in [0.3, 0.4) is 0 Å². The van der Waals surface area contributed by atoms with E-state index in [1.54, 1.807) is 0 Å². The number of nitrogens with zero attached hydrogens (tertiary/aromatic N) is 2. The molecule has 2 rings (SSSR count). The van der Waals surface area contributed by atoms with E-state index in [4.69, 9.17) is 0 Å². The summed E-state index contributed by atoms with van der Waals surface area (Å²) in [6.07, 6.45) is 5.07. The van der Waals surface area contributed by atoms with Gasteiger partial charge in [-0.05, 0) is 51.3 Å². The van der Waals surface area contributed by atoms with Crippen molar-refractivity contribution in [2.24, 2.45) is 4.99 Å². The minimum atomic E-state index is 0.0938. The summed E-state index contributed by atoms with van der Waals surface area (Å²) < 4.78 is 0. The Morgan fingerprint density at radius 2 is 1.76 bits per heavy atom. The lowest BCUT2D eigenvalue weighted by Gasteiger charge is -2.18. The normalized spacial score (nSPS) is 15.2. The first-order valence-electron chi connectivity index (χ1n) is 9.60. The highest BCUT2D eigenvalue weighted by molar-refractivity contribution is 5.94. The standard InChI is InChI=1S/C20H32N4O/c1-4-21-20(23-18-9-7-8-10-18)22-15-16-11-13-17(14-12-16)19(25)24(5-2)6-3/h11-14,18H,4-10,15H2,1-3H3,(H2,21,22,23). The molecule has 1 saturated carbocycles. The predicted octanol–water partition coefficient (Wildman–Crippen LogP) is 3.17. The van der Waals surface area contributed by atoms with Crippen LogP contribution in [0.15, 0.2) is 29.3 Å². The van der Waals surface area contributed by atoms with Gasteiger partial charge in [0, 0.05) is 31.2 Å². The molecule has 0 aliphatic heterocycles. The third-order valence-corrected chi connectivity index (χ3v) is 4.71. The lowest BCUT2D eigenvalue weighted by atomic mass is 10.1. The fourth-order valence-corrected chi connectivity index (χ4v) is 3.20. The smallest absolute Gasteiger partial charge is 0.253 e. The molecule has 1 amide bonds. The van der Waals surface area contributed by atoms with Gasteiger partial charge < -0.3 is 15.5 Å². The van der Waals surface area contributed by atoms with Crippen LogP contribution in [0.4, 0.5) is 0 Å². The van der Waals surface area contributed by atoms with Crippen LogP contribution in [-0.2, 0) is 6.54 Å². The summed E-state index contributed by atoms with van der Waals surface area (Å²) in [6, 6.07) is 8.36. The van der Waals surface area contributed by atoms with Crippen molar-refractivity contribution in [3.05, 3.63) is 35.4 Å². The number of rotatable bonds is 7. The number of guanidine groups is 1. The van der Waals surface area contributed by atoms with Gasteiger partial charge in [0.05, 0.1) is 6.54 Å². The SMILES string of the molecule is CCNC(=NCc1ccc(C(=O)N(CC)CC)cc1)NC1CCCC1. The zero-order valence-corrected chi connectivity index (χ0v) is 15.8. The summed E-state index contributed by atoms with van der Waals surface area (Å²) in [4.78, 5) is 18.9. The van der Waals surface area contributed by atoms with Crippen molar-refractivity contribution >= 4 is 11.9 Å². The summed E-state index contributed by atoms with van der Waals surface area (Å²) in [7, 11) is 0. The molecule has 1 aromatic rings. The Morgan fingerprint density at radius 1 is 1.12 bits per heavy atom. The Bertz CT molecular complexity index is 558. The first-order valence-corrected chi connectivity index (χ1v) is 9.60. The number of carbonyl (C=O) groups is 1.